The first kappa shape index (κ1) is 18.9. The number of halogens is 1. The Balaban J connectivity index is 2.02. The Labute approximate surface area is 151 Å². The minimum Gasteiger partial charge on any atom is -0.333 e. The van der Waals surface area contributed by atoms with E-state index in [-0.39, 0.29) is 29.9 Å². The van der Waals surface area contributed by atoms with Crippen LogP contribution in [0, 0.1) is 24.0 Å². The third-order valence-electron chi connectivity index (χ3n) is 4.14. The zero-order valence-electron chi connectivity index (χ0n) is 14.4. The molecule has 25 heavy (non-hydrogen) atoms. The Morgan fingerprint density at radius 1 is 1.24 bits per heavy atom. The standard InChI is InChI=1S/C18H20ClN3O3/c1-11-8-16(17(22(24)25)9-12(11)2)21-18(23)10-20-13(3)14-4-6-15(19)7-5-14/h4-9,13,20H,10H2,1-3H3,(H,21,23)/p+1/t13-/m0/s1. The van der Waals surface area contributed by atoms with Crippen molar-refractivity contribution in [2.45, 2.75) is 26.8 Å². The van der Waals surface area contributed by atoms with E-state index in [1.807, 2.05) is 31.3 Å². The second kappa shape index (κ2) is 8.09. The predicted octanol–water partition coefficient (Wildman–Crippen LogP) is 3.13. The summed E-state index contributed by atoms with van der Waals surface area (Å²) >= 11 is 5.87. The smallest absolute Gasteiger partial charge is 0.293 e. The third-order valence-corrected chi connectivity index (χ3v) is 4.39. The number of nitro groups is 1. The van der Waals surface area contributed by atoms with E-state index in [2.05, 4.69) is 5.32 Å². The molecule has 132 valence electrons. The summed E-state index contributed by atoms with van der Waals surface area (Å²) in [6.45, 7) is 5.79. The quantitative estimate of drug-likeness (QED) is 0.611. The molecule has 0 aliphatic heterocycles. The van der Waals surface area contributed by atoms with Crippen molar-refractivity contribution in [2.24, 2.45) is 0 Å². The fraction of sp³-hybridized carbons (Fsp3) is 0.278. The molecule has 2 aromatic rings. The van der Waals surface area contributed by atoms with Gasteiger partial charge in [-0.05, 0) is 50.1 Å². The lowest BCUT2D eigenvalue weighted by Crippen LogP contribution is -2.86. The van der Waals surface area contributed by atoms with E-state index in [9.17, 15) is 14.9 Å². The van der Waals surface area contributed by atoms with Crippen molar-refractivity contribution in [3.63, 3.8) is 0 Å². The summed E-state index contributed by atoms with van der Waals surface area (Å²) < 4.78 is 0. The van der Waals surface area contributed by atoms with Crippen molar-refractivity contribution in [1.82, 2.24) is 0 Å². The maximum atomic E-state index is 12.2. The van der Waals surface area contributed by atoms with Gasteiger partial charge in [0.2, 0.25) is 0 Å². The largest absolute Gasteiger partial charge is 0.333 e. The molecule has 0 saturated carbocycles. The number of anilines is 1. The lowest BCUT2D eigenvalue weighted by atomic mass is 10.1. The number of hydrogen-bond donors (Lipinski definition) is 2. The fourth-order valence-electron chi connectivity index (χ4n) is 2.44. The molecular weight excluding hydrogens is 342 g/mol. The number of quaternary nitrogens is 1. The summed E-state index contributed by atoms with van der Waals surface area (Å²) in [7, 11) is 0. The highest BCUT2D eigenvalue weighted by molar-refractivity contribution is 6.30. The molecule has 0 aliphatic rings. The van der Waals surface area contributed by atoms with Crippen molar-refractivity contribution in [2.75, 3.05) is 11.9 Å². The summed E-state index contributed by atoms with van der Waals surface area (Å²) in [6.07, 6.45) is 0. The van der Waals surface area contributed by atoms with Crippen LogP contribution in [0.3, 0.4) is 0 Å². The van der Waals surface area contributed by atoms with E-state index in [0.717, 1.165) is 16.7 Å². The Morgan fingerprint density at radius 3 is 2.44 bits per heavy atom. The maximum Gasteiger partial charge on any atom is 0.293 e. The number of amides is 1. The lowest BCUT2D eigenvalue weighted by molar-refractivity contribution is -0.682. The second-order valence-electron chi connectivity index (χ2n) is 6.04. The van der Waals surface area contributed by atoms with Gasteiger partial charge >= 0.3 is 0 Å². The minimum absolute atomic E-state index is 0.0674. The van der Waals surface area contributed by atoms with Gasteiger partial charge in [-0.3, -0.25) is 14.9 Å². The maximum absolute atomic E-state index is 12.2. The first-order valence-corrected chi connectivity index (χ1v) is 8.30. The van der Waals surface area contributed by atoms with Gasteiger partial charge in [-0.2, -0.15) is 0 Å². The van der Waals surface area contributed by atoms with Crippen molar-refractivity contribution < 1.29 is 15.0 Å². The van der Waals surface area contributed by atoms with Crippen LogP contribution >= 0.6 is 11.6 Å². The molecule has 2 aromatic carbocycles. The van der Waals surface area contributed by atoms with Gasteiger partial charge in [0, 0.05) is 16.7 Å². The Hall–Kier alpha value is -2.44. The summed E-state index contributed by atoms with van der Waals surface area (Å²) in [5.74, 6) is -0.285. The monoisotopic (exact) mass is 362 g/mol. The van der Waals surface area contributed by atoms with E-state index in [1.165, 1.54) is 6.07 Å². The predicted molar refractivity (Wildman–Crippen MR) is 97.9 cm³/mol. The van der Waals surface area contributed by atoms with E-state index in [1.54, 1.807) is 25.1 Å². The van der Waals surface area contributed by atoms with E-state index >= 15 is 0 Å². The van der Waals surface area contributed by atoms with Crippen LogP contribution in [-0.4, -0.2) is 17.4 Å². The van der Waals surface area contributed by atoms with Crippen molar-refractivity contribution in [1.29, 1.82) is 0 Å². The molecule has 3 N–H and O–H groups in total. The van der Waals surface area contributed by atoms with Crippen LogP contribution in [0.5, 0.6) is 0 Å². The molecule has 0 aliphatic carbocycles. The molecule has 0 bridgehead atoms. The van der Waals surface area contributed by atoms with Gasteiger partial charge in [0.15, 0.2) is 6.54 Å². The minimum atomic E-state index is -0.484. The number of nitrogens with one attached hydrogen (secondary N) is 1. The first-order chi connectivity index (χ1) is 11.8. The number of carbonyl (C=O) groups excluding carboxylic acids is 1. The molecule has 0 spiro atoms. The molecule has 0 aromatic heterocycles. The highest BCUT2D eigenvalue weighted by Crippen LogP contribution is 2.27. The van der Waals surface area contributed by atoms with Crippen molar-refractivity contribution in [3.05, 3.63) is 68.2 Å². The van der Waals surface area contributed by atoms with Crippen LogP contribution in [0.15, 0.2) is 36.4 Å². The van der Waals surface area contributed by atoms with Crippen LogP contribution in [0.4, 0.5) is 11.4 Å². The zero-order chi connectivity index (χ0) is 18.6. The number of carbonyl (C=O) groups is 1. The van der Waals surface area contributed by atoms with E-state index in [0.29, 0.717) is 5.02 Å². The molecule has 0 saturated heterocycles. The average molecular weight is 363 g/mol. The Kier molecular flexibility index (Phi) is 6.12. The van der Waals surface area contributed by atoms with Crippen LogP contribution in [0.2, 0.25) is 5.02 Å². The second-order valence-corrected chi connectivity index (χ2v) is 6.48. The van der Waals surface area contributed by atoms with Crippen LogP contribution in [-0.2, 0) is 4.79 Å². The van der Waals surface area contributed by atoms with Gasteiger partial charge in [-0.1, -0.05) is 23.7 Å². The van der Waals surface area contributed by atoms with Gasteiger partial charge in [0.1, 0.15) is 11.7 Å². The molecular formula is C18H21ClN3O3+. The number of nitrogens with zero attached hydrogens (tertiary/aromatic N) is 1. The normalized spacial score (nSPS) is 11.8. The number of aryl methyl sites for hydroxylation is 2. The van der Waals surface area contributed by atoms with E-state index < -0.39 is 4.92 Å². The van der Waals surface area contributed by atoms with Crippen LogP contribution < -0.4 is 10.6 Å². The van der Waals surface area contributed by atoms with Gasteiger partial charge in [-0.15, -0.1) is 0 Å². The summed E-state index contributed by atoms with van der Waals surface area (Å²) in [5.41, 5.74) is 2.88. The van der Waals surface area contributed by atoms with Gasteiger partial charge in [0.25, 0.3) is 11.6 Å². The Bertz CT molecular complexity index is 791. The van der Waals surface area contributed by atoms with E-state index in [4.69, 9.17) is 11.6 Å². The average Bonchev–Trinajstić information content (AvgIpc) is 2.56. The molecule has 0 radical (unpaired) electrons. The number of rotatable bonds is 6. The summed E-state index contributed by atoms with van der Waals surface area (Å²) in [6, 6.07) is 10.6. The van der Waals surface area contributed by atoms with Crippen molar-refractivity contribution in [3.8, 4) is 0 Å². The van der Waals surface area contributed by atoms with Gasteiger partial charge in [0.05, 0.1) is 4.92 Å². The summed E-state index contributed by atoms with van der Waals surface area (Å²) in [5, 5.41) is 16.4. The molecule has 0 unspecified atom stereocenters. The highest BCUT2D eigenvalue weighted by atomic mass is 35.5. The van der Waals surface area contributed by atoms with Crippen LogP contribution in [0.25, 0.3) is 0 Å². The molecule has 6 nitrogen and oxygen atoms in total. The number of benzene rings is 2. The van der Waals surface area contributed by atoms with Crippen molar-refractivity contribution >= 4 is 28.9 Å². The SMILES string of the molecule is Cc1cc(NC(=O)C[NH2+][C@@H](C)c2ccc(Cl)cc2)c([N+](=O)[O-])cc1C. The number of hydrogen-bond acceptors (Lipinski definition) is 3. The number of nitro benzene ring substituents is 1. The molecule has 1 atom stereocenters. The molecule has 0 fully saturated rings. The zero-order valence-corrected chi connectivity index (χ0v) is 15.1. The first-order valence-electron chi connectivity index (χ1n) is 7.92. The topological polar surface area (TPSA) is 88.8 Å². The molecule has 2 rings (SSSR count). The van der Waals surface area contributed by atoms with Gasteiger partial charge in [-0.25, -0.2) is 0 Å². The molecule has 1 amide bonds. The lowest BCUT2D eigenvalue weighted by Gasteiger charge is -2.12. The third kappa shape index (κ3) is 5.01. The fourth-order valence-corrected chi connectivity index (χ4v) is 2.57. The molecule has 7 heteroatoms. The molecule has 0 heterocycles. The summed E-state index contributed by atoms with van der Waals surface area (Å²) in [4.78, 5) is 22.9. The van der Waals surface area contributed by atoms with Crippen LogP contribution in [0.1, 0.15) is 29.7 Å². The number of nitrogens with two attached hydrogens (primary N) is 1. The highest BCUT2D eigenvalue weighted by Gasteiger charge is 2.19. The van der Waals surface area contributed by atoms with Gasteiger partial charge < -0.3 is 10.6 Å². The Morgan fingerprint density at radius 2 is 1.84 bits per heavy atom.